The highest BCUT2D eigenvalue weighted by molar-refractivity contribution is 5.97. The Balaban J connectivity index is 1.65. The van der Waals surface area contributed by atoms with E-state index in [9.17, 15) is 14.9 Å². The molecule has 160 valence electrons. The normalized spacial score (nSPS) is 14.3. The number of nitro groups is 1. The second-order valence-corrected chi connectivity index (χ2v) is 7.05. The Kier molecular flexibility index (Phi) is 6.73. The zero-order valence-corrected chi connectivity index (χ0v) is 17.3. The van der Waals surface area contributed by atoms with E-state index < -0.39 is 4.92 Å². The fourth-order valence-electron chi connectivity index (χ4n) is 3.63. The van der Waals surface area contributed by atoms with Crippen LogP contribution in [0, 0.1) is 10.1 Å². The molecule has 1 N–H and O–H groups in total. The smallest absolute Gasteiger partial charge is 0.270 e. The van der Waals surface area contributed by atoms with Crippen molar-refractivity contribution in [3.8, 4) is 17.2 Å². The average Bonchev–Trinajstić information content (AvgIpc) is 2.78. The first-order valence-electron chi connectivity index (χ1n) is 9.63. The number of methoxy groups -OCH3 is 3. The highest BCUT2D eigenvalue weighted by Gasteiger charge is 2.28. The fourth-order valence-corrected chi connectivity index (χ4v) is 3.63. The molecular formula is C21H26N3O6+. The molecule has 0 radical (unpaired) electrons. The highest BCUT2D eigenvalue weighted by atomic mass is 16.6. The minimum Gasteiger partial charge on any atom is -0.496 e. The maximum absolute atomic E-state index is 13.0. The molecule has 9 heteroatoms. The summed E-state index contributed by atoms with van der Waals surface area (Å²) in [6, 6.07) is 9.95. The third-order valence-electron chi connectivity index (χ3n) is 5.28. The Morgan fingerprint density at radius 2 is 1.63 bits per heavy atom. The molecule has 1 amide bonds. The predicted molar refractivity (Wildman–Crippen MR) is 109 cm³/mol. The lowest BCUT2D eigenvalue weighted by molar-refractivity contribution is -0.917. The van der Waals surface area contributed by atoms with Gasteiger partial charge in [-0.15, -0.1) is 0 Å². The van der Waals surface area contributed by atoms with Gasteiger partial charge in [0.05, 0.1) is 58.0 Å². The molecule has 1 heterocycles. The van der Waals surface area contributed by atoms with Crippen LogP contribution in [-0.2, 0) is 6.54 Å². The van der Waals surface area contributed by atoms with Gasteiger partial charge in [0.25, 0.3) is 11.6 Å². The molecule has 0 spiro atoms. The summed E-state index contributed by atoms with van der Waals surface area (Å²) in [5, 5.41) is 11.1. The molecule has 0 bridgehead atoms. The Labute approximate surface area is 174 Å². The first-order valence-corrected chi connectivity index (χ1v) is 9.63. The van der Waals surface area contributed by atoms with Crippen molar-refractivity contribution in [1.29, 1.82) is 0 Å². The van der Waals surface area contributed by atoms with Crippen LogP contribution in [0.25, 0.3) is 0 Å². The van der Waals surface area contributed by atoms with E-state index in [2.05, 4.69) is 0 Å². The zero-order chi connectivity index (χ0) is 21.7. The SMILES string of the molecule is COc1ccc(C[NH+]2CCN(C(=O)c3cc([N+](=O)[O-])ccc3OC)CC2)cc1OC. The summed E-state index contributed by atoms with van der Waals surface area (Å²) in [6.45, 7) is 3.48. The van der Waals surface area contributed by atoms with Crippen molar-refractivity contribution in [3.05, 3.63) is 57.6 Å². The number of rotatable bonds is 7. The number of nitrogens with one attached hydrogen (secondary N) is 1. The molecule has 1 fully saturated rings. The zero-order valence-electron chi connectivity index (χ0n) is 17.3. The van der Waals surface area contributed by atoms with E-state index in [-0.39, 0.29) is 17.2 Å². The molecule has 1 aliphatic rings. The second-order valence-electron chi connectivity index (χ2n) is 7.05. The molecule has 0 saturated carbocycles. The quantitative estimate of drug-likeness (QED) is 0.538. The van der Waals surface area contributed by atoms with Crippen LogP contribution in [-0.4, -0.2) is 63.2 Å². The molecule has 30 heavy (non-hydrogen) atoms. The molecule has 2 aromatic carbocycles. The van der Waals surface area contributed by atoms with Crippen LogP contribution in [0.2, 0.25) is 0 Å². The predicted octanol–water partition coefficient (Wildman–Crippen LogP) is 1.16. The number of quaternary nitrogens is 1. The first kappa shape index (κ1) is 21.4. The standard InChI is InChI=1S/C21H25N3O6/c1-28-18-7-5-16(24(26)27)13-17(18)21(25)23-10-8-22(9-11-23)14-15-4-6-19(29-2)20(12-15)30-3/h4-7,12-13H,8-11,14H2,1-3H3/p+1. The maximum Gasteiger partial charge on any atom is 0.270 e. The minimum atomic E-state index is -0.512. The number of benzene rings is 2. The number of amides is 1. The van der Waals surface area contributed by atoms with Crippen molar-refractivity contribution in [2.24, 2.45) is 0 Å². The molecule has 3 rings (SSSR count). The van der Waals surface area contributed by atoms with Crippen molar-refractivity contribution in [3.63, 3.8) is 0 Å². The van der Waals surface area contributed by atoms with Gasteiger partial charge in [-0.1, -0.05) is 0 Å². The molecular weight excluding hydrogens is 390 g/mol. The Morgan fingerprint density at radius 3 is 2.23 bits per heavy atom. The third-order valence-corrected chi connectivity index (χ3v) is 5.28. The van der Waals surface area contributed by atoms with Crippen LogP contribution in [0.1, 0.15) is 15.9 Å². The van der Waals surface area contributed by atoms with Crippen LogP contribution in [0.5, 0.6) is 17.2 Å². The summed E-state index contributed by atoms with van der Waals surface area (Å²) < 4.78 is 15.9. The number of nitrogens with zero attached hydrogens (tertiary/aromatic N) is 2. The van der Waals surface area contributed by atoms with E-state index in [0.29, 0.717) is 30.3 Å². The second kappa shape index (κ2) is 9.45. The van der Waals surface area contributed by atoms with E-state index in [4.69, 9.17) is 14.2 Å². The molecule has 0 unspecified atom stereocenters. The monoisotopic (exact) mass is 416 g/mol. The van der Waals surface area contributed by atoms with Crippen molar-refractivity contribution in [2.75, 3.05) is 47.5 Å². The summed E-state index contributed by atoms with van der Waals surface area (Å²) >= 11 is 0. The number of carbonyl (C=O) groups excluding carboxylic acids is 1. The fraction of sp³-hybridized carbons (Fsp3) is 0.381. The van der Waals surface area contributed by atoms with Crippen LogP contribution in [0.3, 0.4) is 0 Å². The molecule has 1 saturated heterocycles. The minimum absolute atomic E-state index is 0.128. The van der Waals surface area contributed by atoms with E-state index in [0.717, 1.165) is 25.2 Å². The average molecular weight is 416 g/mol. The van der Waals surface area contributed by atoms with Crippen molar-refractivity contribution >= 4 is 11.6 Å². The Morgan fingerprint density at radius 1 is 1.00 bits per heavy atom. The van der Waals surface area contributed by atoms with E-state index >= 15 is 0 Å². The van der Waals surface area contributed by atoms with E-state index in [1.54, 1.807) is 19.1 Å². The van der Waals surface area contributed by atoms with Crippen LogP contribution < -0.4 is 19.1 Å². The van der Waals surface area contributed by atoms with E-state index in [1.807, 2.05) is 18.2 Å². The van der Waals surface area contributed by atoms with Gasteiger partial charge in [-0.3, -0.25) is 14.9 Å². The number of hydrogen-bond acceptors (Lipinski definition) is 6. The lowest BCUT2D eigenvalue weighted by Crippen LogP contribution is -3.13. The Hall–Kier alpha value is -3.33. The number of non-ortho nitro benzene ring substituents is 1. The van der Waals surface area contributed by atoms with Crippen molar-refractivity contribution in [1.82, 2.24) is 4.90 Å². The van der Waals surface area contributed by atoms with Gasteiger partial charge in [-0.25, -0.2) is 0 Å². The summed E-state index contributed by atoms with van der Waals surface area (Å²) in [7, 11) is 4.67. The molecule has 0 atom stereocenters. The number of nitro benzene ring substituents is 1. The van der Waals surface area contributed by atoms with Crippen molar-refractivity contribution < 1.29 is 28.8 Å². The van der Waals surface area contributed by atoms with Crippen LogP contribution >= 0.6 is 0 Å². The Bertz CT molecular complexity index is 925. The number of piperazine rings is 1. The topological polar surface area (TPSA) is 95.6 Å². The van der Waals surface area contributed by atoms with Crippen LogP contribution in [0.15, 0.2) is 36.4 Å². The van der Waals surface area contributed by atoms with Gasteiger partial charge in [0.2, 0.25) is 0 Å². The third kappa shape index (κ3) is 4.62. The summed E-state index contributed by atoms with van der Waals surface area (Å²) in [5.41, 5.74) is 1.22. The van der Waals surface area contributed by atoms with Crippen LogP contribution in [0.4, 0.5) is 5.69 Å². The van der Waals surface area contributed by atoms with Crippen molar-refractivity contribution in [2.45, 2.75) is 6.54 Å². The first-order chi connectivity index (χ1) is 14.5. The molecule has 2 aromatic rings. The largest absolute Gasteiger partial charge is 0.496 e. The van der Waals surface area contributed by atoms with Gasteiger partial charge in [0.15, 0.2) is 11.5 Å². The number of ether oxygens (including phenoxy) is 3. The lowest BCUT2D eigenvalue weighted by atomic mass is 10.1. The van der Waals surface area contributed by atoms with Gasteiger partial charge in [-0.2, -0.15) is 0 Å². The van der Waals surface area contributed by atoms with Gasteiger partial charge in [0, 0.05) is 17.7 Å². The molecule has 0 aliphatic carbocycles. The lowest BCUT2D eigenvalue weighted by Gasteiger charge is -2.32. The number of carbonyl (C=O) groups is 1. The summed E-state index contributed by atoms with van der Waals surface area (Å²) in [4.78, 5) is 26.6. The van der Waals surface area contributed by atoms with Gasteiger partial charge in [0.1, 0.15) is 12.3 Å². The molecule has 0 aromatic heterocycles. The van der Waals surface area contributed by atoms with Gasteiger partial charge < -0.3 is 24.0 Å². The van der Waals surface area contributed by atoms with Gasteiger partial charge >= 0.3 is 0 Å². The molecule has 1 aliphatic heterocycles. The van der Waals surface area contributed by atoms with E-state index in [1.165, 1.54) is 30.2 Å². The van der Waals surface area contributed by atoms with Gasteiger partial charge in [-0.05, 0) is 24.3 Å². The summed E-state index contributed by atoms with van der Waals surface area (Å²) in [6.07, 6.45) is 0. The summed E-state index contributed by atoms with van der Waals surface area (Å²) in [5.74, 6) is 1.48. The highest BCUT2D eigenvalue weighted by Crippen LogP contribution is 2.27. The number of hydrogen-bond donors (Lipinski definition) is 1. The molecule has 9 nitrogen and oxygen atoms in total. The maximum atomic E-state index is 13.0.